The minimum absolute atomic E-state index is 0.262. The van der Waals surface area contributed by atoms with Gasteiger partial charge in [0.25, 0.3) is 0 Å². The maximum Gasteiger partial charge on any atom is 0.0535 e. The standard InChI is InChI=1S/C21H32N4OS/c26-11-8-19-15-24(9-10-25(19)16-20-7-4-12-27-20)14-18-13-22-23-21(18)17-5-2-1-3-6-17/h4,7,12-13,17,19,26H,1-3,5-6,8-11,14-16H2,(H,22,23)/t19-/m0/s1. The molecule has 2 aromatic rings. The minimum Gasteiger partial charge on any atom is -0.396 e. The van der Waals surface area contributed by atoms with Gasteiger partial charge < -0.3 is 5.11 Å². The molecule has 1 saturated carbocycles. The first-order valence-electron chi connectivity index (χ1n) is 10.4. The van der Waals surface area contributed by atoms with Gasteiger partial charge in [-0.15, -0.1) is 11.3 Å². The van der Waals surface area contributed by atoms with Gasteiger partial charge in [0.1, 0.15) is 0 Å². The fourth-order valence-electron chi connectivity index (χ4n) is 4.77. The Hall–Kier alpha value is -1.21. The maximum atomic E-state index is 9.56. The zero-order valence-corrected chi connectivity index (χ0v) is 17.0. The van der Waals surface area contributed by atoms with Crippen LogP contribution in [0.3, 0.4) is 0 Å². The third-order valence-electron chi connectivity index (χ3n) is 6.25. The molecule has 0 unspecified atom stereocenters. The Morgan fingerprint density at radius 3 is 2.85 bits per heavy atom. The van der Waals surface area contributed by atoms with Crippen LogP contribution in [0.5, 0.6) is 0 Å². The molecule has 148 valence electrons. The number of aliphatic hydroxyl groups is 1. The number of H-pyrrole nitrogens is 1. The van der Waals surface area contributed by atoms with Gasteiger partial charge in [0, 0.05) is 67.4 Å². The third kappa shape index (κ3) is 4.80. The largest absolute Gasteiger partial charge is 0.396 e. The highest BCUT2D eigenvalue weighted by Crippen LogP contribution is 2.33. The summed E-state index contributed by atoms with van der Waals surface area (Å²) in [4.78, 5) is 6.53. The van der Waals surface area contributed by atoms with Crippen molar-refractivity contribution >= 4 is 11.3 Å². The Balaban J connectivity index is 1.38. The van der Waals surface area contributed by atoms with E-state index in [9.17, 15) is 5.11 Å². The lowest BCUT2D eigenvalue weighted by Crippen LogP contribution is -2.52. The van der Waals surface area contributed by atoms with Gasteiger partial charge in [-0.2, -0.15) is 5.10 Å². The Kier molecular flexibility index (Phi) is 6.60. The topological polar surface area (TPSA) is 55.4 Å². The molecule has 0 aromatic carbocycles. The van der Waals surface area contributed by atoms with E-state index in [1.165, 1.54) is 48.2 Å². The molecule has 2 N–H and O–H groups in total. The maximum absolute atomic E-state index is 9.56. The SMILES string of the molecule is OCC[C@H]1CN(Cc2cn[nH]c2C2CCCCC2)CCN1Cc1cccs1. The van der Waals surface area contributed by atoms with Crippen LogP contribution in [0.4, 0.5) is 0 Å². The van der Waals surface area contributed by atoms with Crippen molar-refractivity contribution in [2.24, 2.45) is 0 Å². The monoisotopic (exact) mass is 388 g/mol. The number of thiophene rings is 1. The van der Waals surface area contributed by atoms with Gasteiger partial charge in [0.2, 0.25) is 0 Å². The van der Waals surface area contributed by atoms with E-state index in [1.807, 2.05) is 17.5 Å². The van der Waals surface area contributed by atoms with Gasteiger partial charge >= 0.3 is 0 Å². The van der Waals surface area contributed by atoms with Gasteiger partial charge in [-0.25, -0.2) is 0 Å². The molecule has 27 heavy (non-hydrogen) atoms. The zero-order valence-electron chi connectivity index (χ0n) is 16.1. The molecule has 0 radical (unpaired) electrons. The highest BCUT2D eigenvalue weighted by molar-refractivity contribution is 7.09. The van der Waals surface area contributed by atoms with Crippen molar-refractivity contribution in [2.45, 2.75) is 63.6 Å². The summed E-state index contributed by atoms with van der Waals surface area (Å²) in [6.07, 6.45) is 9.58. The third-order valence-corrected chi connectivity index (χ3v) is 7.11. The minimum atomic E-state index is 0.262. The normalized spacial score (nSPS) is 23.1. The van der Waals surface area contributed by atoms with E-state index in [0.717, 1.165) is 39.1 Å². The summed E-state index contributed by atoms with van der Waals surface area (Å²) in [6, 6.07) is 4.77. The van der Waals surface area contributed by atoms with Gasteiger partial charge in [0.15, 0.2) is 0 Å². The average Bonchev–Trinajstić information content (AvgIpc) is 3.37. The van der Waals surface area contributed by atoms with Crippen molar-refractivity contribution in [1.82, 2.24) is 20.0 Å². The van der Waals surface area contributed by atoms with E-state index >= 15 is 0 Å². The molecule has 0 amide bonds. The van der Waals surface area contributed by atoms with Gasteiger partial charge in [-0.3, -0.25) is 14.9 Å². The molecule has 0 bridgehead atoms. The molecule has 3 heterocycles. The molecular formula is C21H32N4OS. The molecule has 5 nitrogen and oxygen atoms in total. The number of nitrogens with one attached hydrogen (secondary N) is 1. The van der Waals surface area contributed by atoms with Gasteiger partial charge in [-0.05, 0) is 30.7 Å². The molecule has 1 atom stereocenters. The molecule has 1 aliphatic heterocycles. The highest BCUT2D eigenvalue weighted by Gasteiger charge is 2.28. The van der Waals surface area contributed by atoms with Crippen LogP contribution in [-0.4, -0.2) is 57.4 Å². The van der Waals surface area contributed by atoms with E-state index < -0.39 is 0 Å². The van der Waals surface area contributed by atoms with E-state index in [2.05, 4.69) is 37.5 Å². The smallest absolute Gasteiger partial charge is 0.0535 e. The van der Waals surface area contributed by atoms with Crippen molar-refractivity contribution < 1.29 is 5.11 Å². The van der Waals surface area contributed by atoms with E-state index in [-0.39, 0.29) is 6.61 Å². The van der Waals surface area contributed by atoms with Crippen LogP contribution in [0.15, 0.2) is 23.7 Å². The molecule has 2 fully saturated rings. The molecule has 1 aliphatic carbocycles. The first-order valence-corrected chi connectivity index (χ1v) is 11.3. The van der Waals surface area contributed by atoms with E-state index in [4.69, 9.17) is 0 Å². The van der Waals surface area contributed by atoms with Crippen molar-refractivity contribution in [3.05, 3.63) is 39.8 Å². The summed E-state index contributed by atoms with van der Waals surface area (Å²) in [7, 11) is 0. The zero-order chi connectivity index (χ0) is 18.5. The van der Waals surface area contributed by atoms with Crippen LogP contribution in [-0.2, 0) is 13.1 Å². The number of aromatic nitrogens is 2. The number of piperazine rings is 1. The lowest BCUT2D eigenvalue weighted by Gasteiger charge is -2.41. The van der Waals surface area contributed by atoms with Crippen molar-refractivity contribution in [2.75, 3.05) is 26.2 Å². The quantitative estimate of drug-likeness (QED) is 0.761. The van der Waals surface area contributed by atoms with Crippen LogP contribution >= 0.6 is 11.3 Å². The first-order chi connectivity index (χ1) is 13.3. The molecule has 0 spiro atoms. The highest BCUT2D eigenvalue weighted by atomic mass is 32.1. The fourth-order valence-corrected chi connectivity index (χ4v) is 5.50. The summed E-state index contributed by atoms with van der Waals surface area (Å²) < 4.78 is 0. The number of nitrogens with zero attached hydrogens (tertiary/aromatic N) is 3. The summed E-state index contributed by atoms with van der Waals surface area (Å²) in [5, 5.41) is 19.4. The molecular weight excluding hydrogens is 356 g/mol. The molecule has 2 aliphatic rings. The van der Waals surface area contributed by atoms with Crippen molar-refractivity contribution in [3.63, 3.8) is 0 Å². The van der Waals surface area contributed by atoms with E-state index in [1.54, 1.807) is 0 Å². The molecule has 1 saturated heterocycles. The summed E-state index contributed by atoms with van der Waals surface area (Å²) in [6.45, 7) is 5.44. The number of hydrogen-bond acceptors (Lipinski definition) is 5. The Labute approximate surface area is 166 Å². The average molecular weight is 389 g/mol. The van der Waals surface area contributed by atoms with Crippen LogP contribution in [0, 0.1) is 0 Å². The van der Waals surface area contributed by atoms with Crippen molar-refractivity contribution in [1.29, 1.82) is 0 Å². The van der Waals surface area contributed by atoms with Crippen LogP contribution < -0.4 is 0 Å². The second-order valence-corrected chi connectivity index (χ2v) is 9.13. The summed E-state index contributed by atoms with van der Waals surface area (Å²) in [5.74, 6) is 0.671. The fraction of sp³-hybridized carbons (Fsp3) is 0.667. The van der Waals surface area contributed by atoms with Crippen LogP contribution in [0.25, 0.3) is 0 Å². The van der Waals surface area contributed by atoms with Crippen LogP contribution in [0.2, 0.25) is 0 Å². The molecule has 2 aromatic heterocycles. The summed E-state index contributed by atoms with van der Waals surface area (Å²) in [5.41, 5.74) is 2.77. The Morgan fingerprint density at radius 2 is 2.07 bits per heavy atom. The predicted octanol–water partition coefficient (Wildman–Crippen LogP) is 3.59. The molecule has 6 heteroatoms. The number of aliphatic hydroxyl groups excluding tert-OH is 1. The Bertz CT molecular complexity index is 680. The second-order valence-electron chi connectivity index (χ2n) is 8.09. The van der Waals surface area contributed by atoms with Gasteiger partial charge in [-0.1, -0.05) is 25.3 Å². The lowest BCUT2D eigenvalue weighted by molar-refractivity contribution is 0.0504. The Morgan fingerprint density at radius 1 is 1.19 bits per heavy atom. The van der Waals surface area contributed by atoms with Gasteiger partial charge in [0.05, 0.1) is 6.20 Å². The number of hydrogen-bond donors (Lipinski definition) is 2. The lowest BCUT2D eigenvalue weighted by atomic mass is 9.85. The van der Waals surface area contributed by atoms with Crippen molar-refractivity contribution in [3.8, 4) is 0 Å². The molecule has 4 rings (SSSR count). The second kappa shape index (κ2) is 9.32. The van der Waals surface area contributed by atoms with Crippen LogP contribution in [0.1, 0.15) is 60.6 Å². The first kappa shape index (κ1) is 19.1. The number of rotatable bonds is 7. The predicted molar refractivity (Wildman–Crippen MR) is 110 cm³/mol. The summed E-state index contributed by atoms with van der Waals surface area (Å²) >= 11 is 1.83. The number of aromatic amines is 1. The van der Waals surface area contributed by atoms with E-state index in [0.29, 0.717) is 12.0 Å².